The van der Waals surface area contributed by atoms with Crippen molar-refractivity contribution in [3.63, 3.8) is 0 Å². The maximum absolute atomic E-state index is 5.44. The Balaban J connectivity index is 2.65. The van der Waals surface area contributed by atoms with Gasteiger partial charge in [-0.3, -0.25) is 0 Å². The molecule has 84 valence electrons. The summed E-state index contributed by atoms with van der Waals surface area (Å²) in [6, 6.07) is 0. The van der Waals surface area contributed by atoms with Gasteiger partial charge >= 0.3 is 0 Å². The van der Waals surface area contributed by atoms with Gasteiger partial charge in [0.2, 0.25) is 0 Å². The molecule has 0 aliphatic heterocycles. The second kappa shape index (κ2) is 4.65. The molecule has 1 saturated carbocycles. The van der Waals surface area contributed by atoms with Gasteiger partial charge in [-0.1, -0.05) is 27.7 Å². The monoisotopic (exact) mass is 198 g/mol. The lowest BCUT2D eigenvalue weighted by Crippen LogP contribution is -2.38. The standard InChI is InChI=1S/C13H26O/c1-10(2)13(11(3)4)8-6-12(14-5)7-9-13/h10-12H,6-9H2,1-5H3. The zero-order valence-corrected chi connectivity index (χ0v) is 10.5. The number of methoxy groups -OCH3 is 1. The molecule has 14 heavy (non-hydrogen) atoms. The van der Waals surface area contributed by atoms with E-state index in [1.165, 1.54) is 25.7 Å². The molecule has 0 atom stereocenters. The molecular formula is C13H26O. The minimum Gasteiger partial charge on any atom is -0.381 e. The number of hydrogen-bond donors (Lipinski definition) is 0. The first kappa shape index (κ1) is 12.0. The molecule has 0 radical (unpaired) electrons. The molecular weight excluding hydrogens is 172 g/mol. The molecule has 0 spiro atoms. The highest BCUT2D eigenvalue weighted by atomic mass is 16.5. The van der Waals surface area contributed by atoms with E-state index in [0.29, 0.717) is 11.5 Å². The molecule has 0 unspecified atom stereocenters. The SMILES string of the molecule is COC1CCC(C(C)C)(C(C)C)CC1. The van der Waals surface area contributed by atoms with E-state index < -0.39 is 0 Å². The molecule has 0 N–H and O–H groups in total. The summed E-state index contributed by atoms with van der Waals surface area (Å²) in [5.41, 5.74) is 0.578. The van der Waals surface area contributed by atoms with E-state index in [0.717, 1.165) is 11.8 Å². The van der Waals surface area contributed by atoms with E-state index in [-0.39, 0.29) is 0 Å². The number of rotatable bonds is 3. The van der Waals surface area contributed by atoms with E-state index in [9.17, 15) is 0 Å². The van der Waals surface area contributed by atoms with Gasteiger partial charge < -0.3 is 4.74 Å². The molecule has 1 aliphatic carbocycles. The predicted molar refractivity (Wildman–Crippen MR) is 61.4 cm³/mol. The van der Waals surface area contributed by atoms with E-state index in [1.54, 1.807) is 0 Å². The van der Waals surface area contributed by atoms with Gasteiger partial charge in [-0.15, -0.1) is 0 Å². The zero-order chi connectivity index (χ0) is 10.8. The van der Waals surface area contributed by atoms with Crippen LogP contribution in [0.2, 0.25) is 0 Å². The zero-order valence-electron chi connectivity index (χ0n) is 10.5. The molecule has 1 nitrogen and oxygen atoms in total. The van der Waals surface area contributed by atoms with Crippen LogP contribution in [0, 0.1) is 17.3 Å². The fourth-order valence-corrected chi connectivity index (χ4v) is 3.19. The lowest BCUT2D eigenvalue weighted by Gasteiger charge is -2.46. The average molecular weight is 198 g/mol. The minimum absolute atomic E-state index is 0.528. The Morgan fingerprint density at radius 1 is 1.00 bits per heavy atom. The Kier molecular flexibility index (Phi) is 4.00. The molecule has 0 aromatic carbocycles. The molecule has 0 amide bonds. The van der Waals surface area contributed by atoms with E-state index in [4.69, 9.17) is 4.74 Å². The number of ether oxygens (including phenoxy) is 1. The summed E-state index contributed by atoms with van der Waals surface area (Å²) in [5, 5.41) is 0. The Morgan fingerprint density at radius 2 is 1.43 bits per heavy atom. The average Bonchev–Trinajstić information content (AvgIpc) is 2.17. The second-order valence-corrected chi connectivity index (χ2v) is 5.48. The van der Waals surface area contributed by atoms with Crippen LogP contribution in [-0.4, -0.2) is 13.2 Å². The van der Waals surface area contributed by atoms with Crippen molar-refractivity contribution in [2.24, 2.45) is 17.3 Å². The molecule has 1 fully saturated rings. The maximum Gasteiger partial charge on any atom is 0.0571 e. The summed E-state index contributed by atoms with van der Waals surface area (Å²) in [7, 11) is 1.85. The van der Waals surface area contributed by atoms with Crippen LogP contribution in [0.15, 0.2) is 0 Å². The minimum atomic E-state index is 0.528. The summed E-state index contributed by atoms with van der Waals surface area (Å²) >= 11 is 0. The third kappa shape index (κ3) is 2.13. The van der Waals surface area contributed by atoms with E-state index in [1.807, 2.05) is 7.11 Å². The third-order valence-electron chi connectivity index (χ3n) is 4.50. The van der Waals surface area contributed by atoms with Gasteiger partial charge in [0.1, 0.15) is 0 Å². The fourth-order valence-electron chi connectivity index (χ4n) is 3.19. The molecule has 1 heteroatoms. The summed E-state index contributed by atoms with van der Waals surface area (Å²) < 4.78 is 5.44. The maximum atomic E-state index is 5.44. The quantitative estimate of drug-likeness (QED) is 0.669. The van der Waals surface area contributed by atoms with Gasteiger partial charge in [0.25, 0.3) is 0 Å². The van der Waals surface area contributed by atoms with Crippen LogP contribution >= 0.6 is 0 Å². The van der Waals surface area contributed by atoms with E-state index in [2.05, 4.69) is 27.7 Å². The second-order valence-electron chi connectivity index (χ2n) is 5.48. The summed E-state index contributed by atoms with van der Waals surface area (Å²) in [6.45, 7) is 9.53. The normalized spacial score (nSPS) is 23.4. The molecule has 0 bridgehead atoms. The third-order valence-corrected chi connectivity index (χ3v) is 4.50. The first-order valence-electron chi connectivity index (χ1n) is 6.05. The van der Waals surface area contributed by atoms with Crippen molar-refractivity contribution in [1.29, 1.82) is 0 Å². The molecule has 0 heterocycles. The van der Waals surface area contributed by atoms with Crippen molar-refractivity contribution in [3.8, 4) is 0 Å². The van der Waals surface area contributed by atoms with Crippen LogP contribution in [-0.2, 0) is 4.74 Å². The lowest BCUT2D eigenvalue weighted by atomic mass is 9.60. The Hall–Kier alpha value is -0.0400. The fraction of sp³-hybridized carbons (Fsp3) is 1.00. The van der Waals surface area contributed by atoms with Gasteiger partial charge in [-0.05, 0) is 42.9 Å². The van der Waals surface area contributed by atoms with Crippen LogP contribution in [0.5, 0.6) is 0 Å². The first-order valence-corrected chi connectivity index (χ1v) is 6.05. The predicted octanol–water partition coefficient (Wildman–Crippen LogP) is 3.87. The summed E-state index contributed by atoms with van der Waals surface area (Å²) in [6.07, 6.45) is 5.74. The lowest BCUT2D eigenvalue weighted by molar-refractivity contribution is -0.0168. The van der Waals surface area contributed by atoms with Gasteiger partial charge in [-0.25, -0.2) is 0 Å². The molecule has 0 saturated heterocycles. The Labute approximate surface area is 89.2 Å². The molecule has 1 aliphatic rings. The molecule has 1 rings (SSSR count). The highest BCUT2D eigenvalue weighted by Crippen LogP contribution is 2.48. The highest BCUT2D eigenvalue weighted by Gasteiger charge is 2.40. The van der Waals surface area contributed by atoms with Crippen molar-refractivity contribution in [3.05, 3.63) is 0 Å². The van der Waals surface area contributed by atoms with Crippen LogP contribution in [0.1, 0.15) is 53.4 Å². The Morgan fingerprint density at radius 3 is 1.71 bits per heavy atom. The smallest absolute Gasteiger partial charge is 0.0571 e. The highest BCUT2D eigenvalue weighted by molar-refractivity contribution is 4.90. The molecule has 0 aromatic heterocycles. The van der Waals surface area contributed by atoms with Crippen LogP contribution in [0.3, 0.4) is 0 Å². The first-order chi connectivity index (χ1) is 6.53. The summed E-state index contributed by atoms with van der Waals surface area (Å²) in [4.78, 5) is 0. The summed E-state index contributed by atoms with van der Waals surface area (Å²) in [5.74, 6) is 1.61. The van der Waals surface area contributed by atoms with Crippen LogP contribution < -0.4 is 0 Å². The van der Waals surface area contributed by atoms with Crippen LogP contribution in [0.4, 0.5) is 0 Å². The largest absolute Gasteiger partial charge is 0.381 e. The van der Waals surface area contributed by atoms with Gasteiger partial charge in [-0.2, -0.15) is 0 Å². The molecule has 0 aromatic rings. The van der Waals surface area contributed by atoms with Crippen molar-refractivity contribution >= 4 is 0 Å². The van der Waals surface area contributed by atoms with Crippen LogP contribution in [0.25, 0.3) is 0 Å². The van der Waals surface area contributed by atoms with E-state index >= 15 is 0 Å². The van der Waals surface area contributed by atoms with Crippen molar-refractivity contribution < 1.29 is 4.74 Å². The topological polar surface area (TPSA) is 9.23 Å². The Bertz CT molecular complexity index is 154. The van der Waals surface area contributed by atoms with Gasteiger partial charge in [0, 0.05) is 7.11 Å². The van der Waals surface area contributed by atoms with Crippen molar-refractivity contribution in [2.75, 3.05) is 7.11 Å². The van der Waals surface area contributed by atoms with Crippen molar-refractivity contribution in [1.82, 2.24) is 0 Å². The van der Waals surface area contributed by atoms with Gasteiger partial charge in [0.05, 0.1) is 6.10 Å². The van der Waals surface area contributed by atoms with Crippen molar-refractivity contribution in [2.45, 2.75) is 59.5 Å². The number of hydrogen-bond acceptors (Lipinski definition) is 1. The van der Waals surface area contributed by atoms with Gasteiger partial charge in [0.15, 0.2) is 0 Å².